The molecular formula is C36H45N3O6. The summed E-state index contributed by atoms with van der Waals surface area (Å²) in [6.45, 7) is 7.92. The second-order valence-electron chi connectivity index (χ2n) is 12.8. The third-order valence-corrected chi connectivity index (χ3v) is 8.10. The molecule has 2 saturated heterocycles. The number of ether oxygens (including phenoxy) is 3. The Morgan fingerprint density at radius 1 is 0.867 bits per heavy atom. The van der Waals surface area contributed by atoms with Gasteiger partial charge in [-0.2, -0.15) is 0 Å². The highest BCUT2D eigenvalue weighted by Crippen LogP contribution is 2.39. The number of hydrogen-bond donors (Lipinski definition) is 3. The van der Waals surface area contributed by atoms with E-state index in [9.17, 15) is 14.7 Å². The van der Waals surface area contributed by atoms with Gasteiger partial charge < -0.3 is 30.0 Å². The van der Waals surface area contributed by atoms with Crippen LogP contribution < -0.4 is 10.6 Å². The van der Waals surface area contributed by atoms with E-state index in [1.54, 1.807) is 0 Å². The number of amides is 2. The summed E-state index contributed by atoms with van der Waals surface area (Å²) in [6, 6.07) is 24.9. The number of hydrogen-bond acceptors (Lipinski definition) is 7. The third kappa shape index (κ3) is 9.37. The van der Waals surface area contributed by atoms with Crippen LogP contribution in [0.5, 0.6) is 0 Å². The first-order valence-electron chi connectivity index (χ1n) is 15.8. The summed E-state index contributed by atoms with van der Waals surface area (Å²) in [5.41, 5.74) is 4.18. The lowest BCUT2D eigenvalue weighted by Gasteiger charge is -2.38. The number of aliphatic hydroxyl groups excluding tert-OH is 1. The maximum atomic E-state index is 13.0. The highest BCUT2D eigenvalue weighted by Gasteiger charge is 2.38. The van der Waals surface area contributed by atoms with Crippen molar-refractivity contribution in [1.29, 1.82) is 0 Å². The van der Waals surface area contributed by atoms with Crippen LogP contribution in [0.25, 0.3) is 0 Å². The van der Waals surface area contributed by atoms with Gasteiger partial charge in [0.1, 0.15) is 11.6 Å². The van der Waals surface area contributed by atoms with Gasteiger partial charge in [-0.1, -0.05) is 78.9 Å². The topological polar surface area (TPSA) is 109 Å². The molecule has 2 heterocycles. The van der Waals surface area contributed by atoms with Crippen molar-refractivity contribution in [3.8, 4) is 0 Å². The minimum atomic E-state index is -0.606. The Labute approximate surface area is 265 Å². The van der Waals surface area contributed by atoms with E-state index in [0.717, 1.165) is 47.2 Å². The Kier molecular flexibility index (Phi) is 10.9. The average molecular weight is 616 g/mol. The number of nitrogens with one attached hydrogen (secondary N) is 2. The SMILES string of the molecule is CC(C)(C)OC(=O)[C@@H]1CCCN1C[C@H]1C[C@@H](c2ccc(CO)cc2)O[C@@H](c2ccc(CNC(=O)NCc3ccccc3)cc2)O1. The van der Waals surface area contributed by atoms with Gasteiger partial charge in [0, 0.05) is 31.6 Å². The molecule has 0 aliphatic carbocycles. The van der Waals surface area contributed by atoms with E-state index in [-0.39, 0.29) is 36.9 Å². The van der Waals surface area contributed by atoms with E-state index in [4.69, 9.17) is 14.2 Å². The first-order valence-corrected chi connectivity index (χ1v) is 15.8. The van der Waals surface area contributed by atoms with Crippen LogP contribution in [0, 0.1) is 0 Å². The van der Waals surface area contributed by atoms with Crippen LogP contribution in [0.3, 0.4) is 0 Å². The molecule has 240 valence electrons. The largest absolute Gasteiger partial charge is 0.459 e. The Hall–Kier alpha value is -3.76. The zero-order valence-electron chi connectivity index (χ0n) is 26.4. The molecule has 9 nitrogen and oxygen atoms in total. The minimum Gasteiger partial charge on any atom is -0.459 e. The molecule has 2 amide bonds. The van der Waals surface area contributed by atoms with Crippen molar-refractivity contribution in [2.75, 3.05) is 13.1 Å². The smallest absolute Gasteiger partial charge is 0.323 e. The lowest BCUT2D eigenvalue weighted by atomic mass is 9.99. The number of urea groups is 1. The summed E-state index contributed by atoms with van der Waals surface area (Å²) >= 11 is 0. The number of esters is 1. The van der Waals surface area contributed by atoms with Crippen LogP contribution in [-0.2, 0) is 38.7 Å². The number of benzene rings is 3. The molecule has 0 spiro atoms. The van der Waals surface area contributed by atoms with Gasteiger partial charge in [0.05, 0.1) is 18.8 Å². The monoisotopic (exact) mass is 615 g/mol. The molecule has 2 aliphatic heterocycles. The van der Waals surface area contributed by atoms with Crippen molar-refractivity contribution in [3.05, 3.63) is 107 Å². The van der Waals surface area contributed by atoms with Crippen LogP contribution in [0.4, 0.5) is 4.79 Å². The summed E-state index contributed by atoms with van der Waals surface area (Å²) in [7, 11) is 0. The van der Waals surface area contributed by atoms with E-state index in [1.165, 1.54) is 0 Å². The zero-order chi connectivity index (χ0) is 31.8. The highest BCUT2D eigenvalue weighted by molar-refractivity contribution is 5.76. The van der Waals surface area contributed by atoms with E-state index in [2.05, 4.69) is 15.5 Å². The van der Waals surface area contributed by atoms with Crippen molar-refractivity contribution in [1.82, 2.24) is 15.5 Å². The number of aliphatic hydroxyl groups is 1. The molecule has 0 unspecified atom stereocenters. The number of carbonyl (C=O) groups excluding carboxylic acids is 2. The van der Waals surface area contributed by atoms with Gasteiger partial charge >= 0.3 is 12.0 Å². The molecule has 0 radical (unpaired) electrons. The second kappa shape index (κ2) is 15.0. The van der Waals surface area contributed by atoms with Crippen molar-refractivity contribution in [3.63, 3.8) is 0 Å². The van der Waals surface area contributed by atoms with Crippen LogP contribution in [0.2, 0.25) is 0 Å². The van der Waals surface area contributed by atoms with Gasteiger partial charge in [0.2, 0.25) is 0 Å². The molecule has 4 atom stereocenters. The molecule has 2 fully saturated rings. The predicted molar refractivity (Wildman–Crippen MR) is 171 cm³/mol. The summed E-state index contributed by atoms with van der Waals surface area (Å²) in [5, 5.41) is 15.3. The van der Waals surface area contributed by atoms with E-state index < -0.39 is 11.9 Å². The fourth-order valence-corrected chi connectivity index (χ4v) is 5.79. The summed E-state index contributed by atoms with van der Waals surface area (Å²) in [4.78, 5) is 27.5. The molecule has 0 aromatic heterocycles. The maximum Gasteiger partial charge on any atom is 0.323 e. The average Bonchev–Trinajstić information content (AvgIpc) is 3.51. The fourth-order valence-electron chi connectivity index (χ4n) is 5.79. The number of likely N-dealkylation sites (tertiary alicyclic amines) is 1. The maximum absolute atomic E-state index is 13.0. The van der Waals surface area contributed by atoms with Gasteiger partial charge in [0.15, 0.2) is 6.29 Å². The predicted octanol–water partition coefficient (Wildman–Crippen LogP) is 5.53. The van der Waals surface area contributed by atoms with Crippen molar-refractivity contribution < 1.29 is 28.9 Å². The Balaban J connectivity index is 1.24. The van der Waals surface area contributed by atoms with Crippen LogP contribution in [0.1, 0.15) is 80.2 Å². The van der Waals surface area contributed by atoms with Crippen LogP contribution in [0.15, 0.2) is 78.9 Å². The second-order valence-corrected chi connectivity index (χ2v) is 12.8. The molecule has 3 aromatic rings. The Morgan fingerprint density at radius 3 is 2.13 bits per heavy atom. The van der Waals surface area contributed by atoms with E-state index in [1.807, 2.05) is 99.6 Å². The lowest BCUT2D eigenvalue weighted by Crippen LogP contribution is -2.45. The summed E-state index contributed by atoms with van der Waals surface area (Å²) in [5.74, 6) is -0.183. The fraction of sp³-hybridized carbons (Fsp3) is 0.444. The molecule has 0 bridgehead atoms. The summed E-state index contributed by atoms with van der Waals surface area (Å²) in [6.07, 6.45) is 1.33. The minimum absolute atomic E-state index is 0.0168. The molecule has 0 saturated carbocycles. The Morgan fingerprint density at radius 2 is 1.49 bits per heavy atom. The number of carbonyl (C=O) groups is 2. The van der Waals surface area contributed by atoms with Crippen molar-refractivity contribution in [2.24, 2.45) is 0 Å². The molecule has 2 aliphatic rings. The van der Waals surface area contributed by atoms with Gasteiger partial charge in [-0.15, -0.1) is 0 Å². The number of rotatable bonds is 10. The first kappa shape index (κ1) is 32.6. The lowest BCUT2D eigenvalue weighted by molar-refractivity contribution is -0.253. The molecule has 3 aromatic carbocycles. The van der Waals surface area contributed by atoms with Crippen LogP contribution in [-0.4, -0.2) is 52.8 Å². The van der Waals surface area contributed by atoms with E-state index >= 15 is 0 Å². The highest BCUT2D eigenvalue weighted by atomic mass is 16.7. The standard InChI is InChI=1S/C36H45N3O6/c1-36(2,3)45-33(41)31-10-7-19-39(31)23-30-20-32(28-15-13-27(24-40)14-16-28)44-34(43-30)29-17-11-26(12-18-29)22-38-35(42)37-21-25-8-5-4-6-9-25/h4-6,8-9,11-18,30-32,34,40H,7,10,19-24H2,1-3H3,(H2,37,38,42)/t30-,31+,32+,34+/m1/s1. The molecule has 9 heteroatoms. The van der Waals surface area contributed by atoms with Crippen molar-refractivity contribution >= 4 is 12.0 Å². The third-order valence-electron chi connectivity index (χ3n) is 8.10. The Bertz CT molecular complexity index is 1390. The number of nitrogens with zero attached hydrogens (tertiary/aromatic N) is 1. The molecular weight excluding hydrogens is 570 g/mol. The van der Waals surface area contributed by atoms with Crippen molar-refractivity contribution in [2.45, 2.75) is 89.9 Å². The normalized spacial score (nSPS) is 22.1. The van der Waals surface area contributed by atoms with Gasteiger partial charge in [0.25, 0.3) is 0 Å². The molecule has 5 rings (SSSR count). The van der Waals surface area contributed by atoms with Gasteiger partial charge in [-0.25, -0.2) is 4.79 Å². The van der Waals surface area contributed by atoms with Crippen LogP contribution >= 0.6 is 0 Å². The van der Waals surface area contributed by atoms with Gasteiger partial charge in [-0.05, 0) is 62.4 Å². The summed E-state index contributed by atoms with van der Waals surface area (Å²) < 4.78 is 18.8. The molecule has 45 heavy (non-hydrogen) atoms. The molecule has 3 N–H and O–H groups in total. The first-order chi connectivity index (χ1) is 21.7. The van der Waals surface area contributed by atoms with E-state index in [0.29, 0.717) is 26.1 Å². The van der Waals surface area contributed by atoms with Gasteiger partial charge in [-0.3, -0.25) is 9.69 Å². The zero-order valence-corrected chi connectivity index (χ0v) is 26.4. The quantitative estimate of drug-likeness (QED) is 0.258.